The predicted octanol–water partition coefficient (Wildman–Crippen LogP) is 3.58. The molecule has 0 N–H and O–H groups in total. The number of ether oxygens (including phenoxy) is 1. The van der Waals surface area contributed by atoms with Gasteiger partial charge in [0.05, 0.1) is 6.20 Å². The van der Waals surface area contributed by atoms with Gasteiger partial charge in [0.1, 0.15) is 18.1 Å². The second-order valence-electron chi connectivity index (χ2n) is 3.58. The van der Waals surface area contributed by atoms with Crippen LogP contribution < -0.4 is 4.74 Å². The zero-order valence-corrected chi connectivity index (χ0v) is 10.9. The molecule has 0 aromatic carbocycles. The molecule has 0 spiro atoms. The number of aldehydes is 1. The van der Waals surface area contributed by atoms with Crippen LogP contribution in [0, 0.1) is 0 Å². The fourth-order valence-corrected chi connectivity index (χ4v) is 1.49. The molecule has 1 aromatic heterocycles. The van der Waals surface area contributed by atoms with Gasteiger partial charge in [-0.05, 0) is 30.5 Å². The Kier molecular flexibility index (Phi) is 6.47. The summed E-state index contributed by atoms with van der Waals surface area (Å²) in [5, 5.41) is 0. The predicted molar refractivity (Wildman–Crippen MR) is 72.9 cm³/mol. The summed E-state index contributed by atoms with van der Waals surface area (Å²) in [4.78, 5) is 14.3. The van der Waals surface area contributed by atoms with E-state index in [1.807, 2.05) is 13.8 Å². The number of nitrogens with zero attached hydrogens (tertiary/aromatic N) is 1. The van der Waals surface area contributed by atoms with Crippen LogP contribution in [0.3, 0.4) is 0 Å². The standard InChI is InChI=1S/C13H13NO2.C2H6/c15-9-12-6-7-13(8-14-12)16-10-11-4-2-1-3-5-11;1-2/h2,4-9H,1,3,10H2;1-2H3. The highest BCUT2D eigenvalue weighted by molar-refractivity contribution is 5.71. The van der Waals surface area contributed by atoms with E-state index < -0.39 is 0 Å². The Morgan fingerprint density at radius 1 is 1.33 bits per heavy atom. The molecular weight excluding hydrogens is 226 g/mol. The van der Waals surface area contributed by atoms with Crippen LogP contribution in [0.5, 0.6) is 5.75 Å². The Labute approximate surface area is 108 Å². The number of hydrogen-bond donors (Lipinski definition) is 0. The molecule has 1 aliphatic carbocycles. The second-order valence-corrected chi connectivity index (χ2v) is 3.58. The first kappa shape index (κ1) is 14.2. The van der Waals surface area contributed by atoms with E-state index >= 15 is 0 Å². The summed E-state index contributed by atoms with van der Waals surface area (Å²) in [6, 6.07) is 3.40. The number of pyridine rings is 1. The molecule has 18 heavy (non-hydrogen) atoms. The van der Waals surface area contributed by atoms with Gasteiger partial charge in [0.15, 0.2) is 6.29 Å². The maximum Gasteiger partial charge on any atom is 0.168 e. The van der Waals surface area contributed by atoms with E-state index in [9.17, 15) is 4.79 Å². The highest BCUT2D eigenvalue weighted by Crippen LogP contribution is 2.13. The normalized spacial score (nSPS) is 13.1. The van der Waals surface area contributed by atoms with Crippen LogP contribution >= 0.6 is 0 Å². The number of hydrogen-bond acceptors (Lipinski definition) is 3. The first-order valence-corrected chi connectivity index (χ1v) is 6.28. The first-order chi connectivity index (χ1) is 8.88. The maximum absolute atomic E-state index is 10.4. The average molecular weight is 245 g/mol. The molecule has 3 nitrogen and oxygen atoms in total. The smallest absolute Gasteiger partial charge is 0.168 e. The molecule has 1 heterocycles. The Balaban J connectivity index is 0.000000771. The van der Waals surface area contributed by atoms with Crippen LogP contribution in [-0.2, 0) is 0 Å². The zero-order chi connectivity index (χ0) is 13.2. The Bertz CT molecular complexity index is 419. The summed E-state index contributed by atoms with van der Waals surface area (Å²) >= 11 is 0. The van der Waals surface area contributed by atoms with Crippen molar-refractivity contribution in [3.8, 4) is 5.75 Å². The molecule has 3 heteroatoms. The number of aromatic nitrogens is 1. The summed E-state index contributed by atoms with van der Waals surface area (Å²) in [6.07, 6.45) is 10.9. The van der Waals surface area contributed by atoms with Crippen molar-refractivity contribution in [2.45, 2.75) is 26.7 Å². The van der Waals surface area contributed by atoms with E-state index in [0.717, 1.165) is 19.1 Å². The van der Waals surface area contributed by atoms with E-state index in [0.29, 0.717) is 18.1 Å². The minimum atomic E-state index is 0.420. The van der Waals surface area contributed by atoms with E-state index in [-0.39, 0.29) is 0 Å². The molecular formula is C15H19NO2. The highest BCUT2D eigenvalue weighted by atomic mass is 16.5. The summed E-state index contributed by atoms with van der Waals surface area (Å²) in [7, 11) is 0. The maximum atomic E-state index is 10.4. The van der Waals surface area contributed by atoms with Crippen molar-refractivity contribution in [2.75, 3.05) is 6.61 Å². The van der Waals surface area contributed by atoms with Gasteiger partial charge in [0.25, 0.3) is 0 Å². The van der Waals surface area contributed by atoms with Gasteiger partial charge in [0, 0.05) is 0 Å². The molecule has 1 aromatic rings. The van der Waals surface area contributed by atoms with Crippen molar-refractivity contribution in [1.29, 1.82) is 0 Å². The third-order valence-corrected chi connectivity index (χ3v) is 2.36. The number of rotatable bonds is 4. The van der Waals surface area contributed by atoms with Gasteiger partial charge in [-0.2, -0.15) is 0 Å². The first-order valence-electron chi connectivity index (χ1n) is 6.28. The van der Waals surface area contributed by atoms with Crippen LogP contribution in [0.15, 0.2) is 42.1 Å². The fraction of sp³-hybridized carbons (Fsp3) is 0.333. The summed E-state index contributed by atoms with van der Waals surface area (Å²) in [5.74, 6) is 0.686. The lowest BCUT2D eigenvalue weighted by molar-refractivity contribution is 0.111. The minimum Gasteiger partial charge on any atom is -0.487 e. The molecule has 0 amide bonds. The molecule has 0 bridgehead atoms. The molecule has 0 aliphatic heterocycles. The number of allylic oxidation sites excluding steroid dienone is 2. The second kappa shape index (κ2) is 8.23. The van der Waals surface area contributed by atoms with E-state index in [2.05, 4.69) is 23.2 Å². The topological polar surface area (TPSA) is 39.2 Å². The highest BCUT2D eigenvalue weighted by Gasteiger charge is 2.00. The molecule has 0 radical (unpaired) electrons. The summed E-state index contributed by atoms with van der Waals surface area (Å²) in [5.41, 5.74) is 1.61. The molecule has 0 atom stereocenters. The van der Waals surface area contributed by atoms with Gasteiger partial charge in [-0.25, -0.2) is 4.98 Å². The van der Waals surface area contributed by atoms with Crippen molar-refractivity contribution in [3.05, 3.63) is 47.8 Å². The molecule has 2 rings (SSSR count). The van der Waals surface area contributed by atoms with E-state index in [1.165, 1.54) is 5.57 Å². The van der Waals surface area contributed by atoms with Gasteiger partial charge >= 0.3 is 0 Å². The third-order valence-electron chi connectivity index (χ3n) is 2.36. The van der Waals surface area contributed by atoms with Crippen LogP contribution in [-0.4, -0.2) is 17.9 Å². The quantitative estimate of drug-likeness (QED) is 0.761. The number of carbonyl (C=O) groups excluding carboxylic acids is 1. The SMILES string of the molecule is CC.O=Cc1ccc(OCC2=CCCC=C2)cn1. The Morgan fingerprint density at radius 2 is 2.17 bits per heavy atom. The third kappa shape index (κ3) is 4.53. The minimum absolute atomic E-state index is 0.420. The van der Waals surface area contributed by atoms with Crippen LogP contribution in [0.25, 0.3) is 0 Å². The van der Waals surface area contributed by atoms with E-state index in [4.69, 9.17) is 4.74 Å². The average Bonchev–Trinajstić information content (AvgIpc) is 2.49. The van der Waals surface area contributed by atoms with Crippen molar-refractivity contribution in [2.24, 2.45) is 0 Å². The van der Waals surface area contributed by atoms with Gasteiger partial charge in [-0.15, -0.1) is 0 Å². The molecule has 96 valence electrons. The molecule has 0 fully saturated rings. The lowest BCUT2D eigenvalue weighted by Gasteiger charge is -2.08. The van der Waals surface area contributed by atoms with Gasteiger partial charge in [0.2, 0.25) is 0 Å². The van der Waals surface area contributed by atoms with Crippen LogP contribution in [0.2, 0.25) is 0 Å². The molecule has 0 saturated heterocycles. The Morgan fingerprint density at radius 3 is 2.72 bits per heavy atom. The lowest BCUT2D eigenvalue weighted by atomic mass is 10.1. The largest absolute Gasteiger partial charge is 0.487 e. The van der Waals surface area contributed by atoms with Crippen LogP contribution in [0.1, 0.15) is 37.2 Å². The van der Waals surface area contributed by atoms with Gasteiger partial charge < -0.3 is 4.74 Å². The monoisotopic (exact) mass is 245 g/mol. The molecule has 0 saturated carbocycles. The zero-order valence-electron chi connectivity index (χ0n) is 10.9. The summed E-state index contributed by atoms with van der Waals surface area (Å²) in [6.45, 7) is 4.55. The Hall–Kier alpha value is -1.90. The van der Waals surface area contributed by atoms with Crippen molar-refractivity contribution in [3.63, 3.8) is 0 Å². The van der Waals surface area contributed by atoms with Crippen molar-refractivity contribution < 1.29 is 9.53 Å². The summed E-state index contributed by atoms with van der Waals surface area (Å²) < 4.78 is 5.55. The van der Waals surface area contributed by atoms with Gasteiger partial charge in [-0.1, -0.05) is 32.1 Å². The van der Waals surface area contributed by atoms with Crippen molar-refractivity contribution in [1.82, 2.24) is 4.98 Å². The van der Waals surface area contributed by atoms with Gasteiger partial charge in [-0.3, -0.25) is 4.79 Å². The fourth-order valence-electron chi connectivity index (χ4n) is 1.49. The van der Waals surface area contributed by atoms with Crippen molar-refractivity contribution >= 4 is 6.29 Å². The molecule has 1 aliphatic rings. The van der Waals surface area contributed by atoms with E-state index in [1.54, 1.807) is 18.3 Å². The lowest BCUT2D eigenvalue weighted by Crippen LogP contribution is -2.01. The molecule has 0 unspecified atom stereocenters. The van der Waals surface area contributed by atoms with Crippen LogP contribution in [0.4, 0.5) is 0 Å². The number of carbonyl (C=O) groups is 1.